The van der Waals surface area contributed by atoms with Crippen LogP contribution < -0.4 is 0 Å². The van der Waals surface area contributed by atoms with Gasteiger partial charge >= 0.3 is 0 Å². The molecule has 0 heterocycles. The minimum Gasteiger partial charge on any atom is -0.298 e. The maximum absolute atomic E-state index is 2.75. The second-order valence-electron chi connectivity index (χ2n) is 10.2. The van der Waals surface area contributed by atoms with Crippen LogP contribution in [0.25, 0.3) is 0 Å². The Balaban J connectivity index is 3.66. The lowest BCUT2D eigenvalue weighted by Crippen LogP contribution is -2.44. The Morgan fingerprint density at radius 2 is 0.793 bits per heavy atom. The Hall–Kier alpha value is -0.0400. The number of unbranched alkanes of at least 4 members (excludes halogenated alkanes) is 17. The van der Waals surface area contributed by atoms with E-state index in [1.165, 1.54) is 142 Å². The summed E-state index contributed by atoms with van der Waals surface area (Å²) in [7, 11) is 0. The van der Waals surface area contributed by atoms with Crippen LogP contribution in [0.2, 0.25) is 0 Å². The molecule has 0 unspecified atom stereocenters. The number of hydrogen-bond donors (Lipinski definition) is 0. The van der Waals surface area contributed by atoms with Crippen molar-refractivity contribution in [3.63, 3.8) is 0 Å². The Labute approximate surface area is 186 Å². The van der Waals surface area contributed by atoms with Gasteiger partial charge in [0.15, 0.2) is 0 Å². The number of hydrogen-bond acceptors (Lipinski definition) is 1. The highest BCUT2D eigenvalue weighted by Crippen LogP contribution is 2.23. The summed E-state index contributed by atoms with van der Waals surface area (Å²) in [5, 5.41) is 0. The zero-order valence-electron chi connectivity index (χ0n) is 21.5. The molecule has 0 N–H and O–H groups in total. The van der Waals surface area contributed by atoms with Crippen molar-refractivity contribution in [2.24, 2.45) is 0 Å². The average molecular weight is 410 g/mol. The van der Waals surface area contributed by atoms with E-state index in [2.05, 4.69) is 39.5 Å². The van der Waals surface area contributed by atoms with Crippen molar-refractivity contribution in [1.82, 2.24) is 4.90 Å². The Kier molecular flexibility index (Phi) is 21.2. The Morgan fingerprint density at radius 1 is 0.448 bits per heavy atom. The van der Waals surface area contributed by atoms with E-state index < -0.39 is 0 Å². The van der Waals surface area contributed by atoms with Crippen LogP contribution in [0.1, 0.15) is 163 Å². The minimum atomic E-state index is 0.384. The molecule has 0 saturated heterocycles. The van der Waals surface area contributed by atoms with Crippen LogP contribution in [0.5, 0.6) is 0 Å². The highest BCUT2D eigenvalue weighted by molar-refractivity contribution is 4.80. The Morgan fingerprint density at radius 3 is 1.17 bits per heavy atom. The van der Waals surface area contributed by atoms with Gasteiger partial charge in [-0.3, -0.25) is 4.90 Å². The third-order valence-electron chi connectivity index (χ3n) is 6.91. The topological polar surface area (TPSA) is 3.24 Å². The van der Waals surface area contributed by atoms with E-state index >= 15 is 0 Å². The van der Waals surface area contributed by atoms with Gasteiger partial charge < -0.3 is 0 Å². The quantitative estimate of drug-likeness (QED) is 0.152. The second kappa shape index (κ2) is 21.2. The maximum Gasteiger partial charge on any atom is 0.0153 e. The van der Waals surface area contributed by atoms with Crippen molar-refractivity contribution in [3.8, 4) is 0 Å². The van der Waals surface area contributed by atoms with Crippen molar-refractivity contribution in [1.29, 1.82) is 0 Å². The van der Waals surface area contributed by atoms with E-state index in [9.17, 15) is 0 Å². The molecule has 0 atom stereocenters. The van der Waals surface area contributed by atoms with E-state index in [0.717, 1.165) is 0 Å². The highest BCUT2D eigenvalue weighted by atomic mass is 15.2. The van der Waals surface area contributed by atoms with Crippen molar-refractivity contribution in [3.05, 3.63) is 0 Å². The first-order chi connectivity index (χ1) is 14.1. The summed E-state index contributed by atoms with van der Waals surface area (Å²) < 4.78 is 0. The number of rotatable bonds is 23. The van der Waals surface area contributed by atoms with Crippen molar-refractivity contribution in [2.45, 2.75) is 169 Å². The molecule has 0 fully saturated rings. The van der Waals surface area contributed by atoms with E-state index in [-0.39, 0.29) is 0 Å². The van der Waals surface area contributed by atoms with E-state index in [1.807, 2.05) is 0 Å². The maximum atomic E-state index is 2.75. The van der Waals surface area contributed by atoms with Crippen LogP contribution in [0.4, 0.5) is 0 Å². The summed E-state index contributed by atoms with van der Waals surface area (Å²) in [6.07, 6.45) is 28.7. The fourth-order valence-corrected chi connectivity index (χ4v) is 4.71. The predicted octanol–water partition coefficient (Wildman–Crippen LogP) is 9.93. The van der Waals surface area contributed by atoms with Crippen LogP contribution in [0, 0.1) is 0 Å². The largest absolute Gasteiger partial charge is 0.298 e. The Bertz CT molecular complexity index is 309. The van der Waals surface area contributed by atoms with Crippen LogP contribution >= 0.6 is 0 Å². The molecule has 1 heteroatoms. The van der Waals surface area contributed by atoms with E-state index in [0.29, 0.717) is 5.54 Å². The fraction of sp³-hybridized carbons (Fsp3) is 1.00. The van der Waals surface area contributed by atoms with Gasteiger partial charge in [0, 0.05) is 5.54 Å². The lowest BCUT2D eigenvalue weighted by atomic mass is 9.93. The van der Waals surface area contributed by atoms with Gasteiger partial charge in [-0.1, -0.05) is 136 Å². The molecule has 0 aliphatic rings. The molecule has 0 saturated carbocycles. The lowest BCUT2D eigenvalue weighted by molar-refractivity contribution is 0.112. The smallest absolute Gasteiger partial charge is 0.0153 e. The molecule has 0 aromatic rings. The third-order valence-corrected chi connectivity index (χ3v) is 6.91. The summed E-state index contributed by atoms with van der Waals surface area (Å²) >= 11 is 0. The van der Waals surface area contributed by atoms with E-state index in [4.69, 9.17) is 0 Å². The first-order valence-electron chi connectivity index (χ1n) is 13.8. The fourth-order valence-electron chi connectivity index (χ4n) is 4.71. The van der Waals surface area contributed by atoms with Crippen LogP contribution in [0.3, 0.4) is 0 Å². The third kappa shape index (κ3) is 18.4. The molecule has 0 aromatic carbocycles. The summed E-state index contributed by atoms with van der Waals surface area (Å²) in [6, 6.07) is 0. The first-order valence-corrected chi connectivity index (χ1v) is 13.8. The summed E-state index contributed by atoms with van der Waals surface area (Å²) in [5.74, 6) is 0. The van der Waals surface area contributed by atoms with Gasteiger partial charge in [0.05, 0.1) is 0 Å². The molecule has 0 aliphatic carbocycles. The standard InChI is InChI=1S/C28H59N/c1-6-9-11-13-15-17-19-21-23-25-27-29(8-3)28(4,5)26-24-22-20-18-16-14-12-10-7-2/h6-27H2,1-5H3. The van der Waals surface area contributed by atoms with Gasteiger partial charge in [-0.05, 0) is 39.8 Å². The highest BCUT2D eigenvalue weighted by Gasteiger charge is 2.24. The molecule has 1 nitrogen and oxygen atoms in total. The molecule has 0 rings (SSSR count). The van der Waals surface area contributed by atoms with Gasteiger partial charge in [-0.25, -0.2) is 0 Å². The molecule has 0 radical (unpaired) electrons. The van der Waals surface area contributed by atoms with Gasteiger partial charge in [0.25, 0.3) is 0 Å². The van der Waals surface area contributed by atoms with Crippen molar-refractivity contribution < 1.29 is 0 Å². The molecule has 0 bridgehead atoms. The number of nitrogens with zero attached hydrogens (tertiary/aromatic N) is 1. The summed E-state index contributed by atoms with van der Waals surface area (Å²) in [6.45, 7) is 14.4. The first kappa shape index (κ1) is 29.0. The molecule has 0 amide bonds. The molecule has 0 aliphatic heterocycles. The van der Waals surface area contributed by atoms with Gasteiger partial charge in [0.2, 0.25) is 0 Å². The predicted molar refractivity (Wildman–Crippen MR) is 135 cm³/mol. The van der Waals surface area contributed by atoms with Crippen LogP contribution in [0.15, 0.2) is 0 Å². The van der Waals surface area contributed by atoms with Crippen molar-refractivity contribution >= 4 is 0 Å². The zero-order valence-corrected chi connectivity index (χ0v) is 21.5. The second-order valence-corrected chi connectivity index (χ2v) is 10.2. The molecular weight excluding hydrogens is 350 g/mol. The van der Waals surface area contributed by atoms with Gasteiger partial charge in [0.1, 0.15) is 0 Å². The minimum absolute atomic E-state index is 0.384. The van der Waals surface area contributed by atoms with Gasteiger partial charge in [-0.2, -0.15) is 0 Å². The molecule has 0 spiro atoms. The lowest BCUT2D eigenvalue weighted by Gasteiger charge is -2.38. The molecular formula is C28H59N. The summed E-state index contributed by atoms with van der Waals surface area (Å²) in [4.78, 5) is 2.75. The van der Waals surface area contributed by atoms with Crippen molar-refractivity contribution in [2.75, 3.05) is 13.1 Å². The summed E-state index contributed by atoms with van der Waals surface area (Å²) in [5.41, 5.74) is 0.384. The monoisotopic (exact) mass is 409 g/mol. The van der Waals surface area contributed by atoms with E-state index in [1.54, 1.807) is 0 Å². The van der Waals surface area contributed by atoms with Crippen LogP contribution in [-0.4, -0.2) is 23.5 Å². The van der Waals surface area contributed by atoms with Gasteiger partial charge in [-0.15, -0.1) is 0 Å². The molecule has 176 valence electrons. The average Bonchev–Trinajstić information content (AvgIpc) is 2.70. The zero-order chi connectivity index (χ0) is 21.6. The van der Waals surface area contributed by atoms with Crippen LogP contribution in [-0.2, 0) is 0 Å². The molecule has 0 aromatic heterocycles. The SMILES string of the molecule is CCCCCCCCCCCCN(CC)C(C)(C)CCCCCCCCCCC. The normalized spacial score (nSPS) is 12.2. The molecule has 29 heavy (non-hydrogen) atoms.